The molecule has 1 heterocycles. The van der Waals surface area contributed by atoms with Crippen LogP contribution in [0.25, 0.3) is 0 Å². The summed E-state index contributed by atoms with van der Waals surface area (Å²) in [6.07, 6.45) is 1.39. The molecular weight excluding hydrogens is 336 g/mol. The third-order valence-electron chi connectivity index (χ3n) is 2.71. The van der Waals surface area contributed by atoms with Crippen LogP contribution >= 0.6 is 15.9 Å². The van der Waals surface area contributed by atoms with Gasteiger partial charge in [-0.05, 0) is 24.6 Å². The fourth-order valence-electron chi connectivity index (χ4n) is 1.65. The van der Waals surface area contributed by atoms with Crippen molar-refractivity contribution in [2.75, 3.05) is 12.3 Å². The van der Waals surface area contributed by atoms with E-state index in [1.54, 1.807) is 6.92 Å². The van der Waals surface area contributed by atoms with E-state index in [4.69, 9.17) is 15.2 Å². The Morgan fingerprint density at radius 2 is 2.05 bits per heavy atom. The van der Waals surface area contributed by atoms with Gasteiger partial charge in [-0.3, -0.25) is 0 Å². The molecule has 0 aliphatic carbocycles. The number of aromatic nitrogens is 1. The molecular formula is C15H15BrN2O3. The molecule has 0 radical (unpaired) electrons. The average Bonchev–Trinajstić information content (AvgIpc) is 2.48. The van der Waals surface area contributed by atoms with Crippen LogP contribution in [0.3, 0.4) is 0 Å². The number of halogens is 1. The maximum absolute atomic E-state index is 11.7. The van der Waals surface area contributed by atoms with Crippen molar-refractivity contribution < 1.29 is 14.3 Å². The number of anilines is 1. The minimum atomic E-state index is -0.481. The minimum Gasteiger partial charge on any atom is -0.473 e. The number of carbonyl (C=O) groups excluding carboxylic acids is 1. The van der Waals surface area contributed by atoms with Gasteiger partial charge in [0.05, 0.1) is 24.1 Å². The molecule has 0 fully saturated rings. The second-order valence-corrected chi connectivity index (χ2v) is 5.16. The lowest BCUT2D eigenvalue weighted by molar-refractivity contribution is 0.0527. The maximum atomic E-state index is 11.7. The maximum Gasteiger partial charge on any atom is 0.340 e. The van der Waals surface area contributed by atoms with Gasteiger partial charge >= 0.3 is 5.97 Å². The summed E-state index contributed by atoms with van der Waals surface area (Å²) in [5.41, 5.74) is 7.25. The molecule has 5 nitrogen and oxygen atoms in total. The number of carbonyl (C=O) groups is 1. The summed E-state index contributed by atoms with van der Waals surface area (Å²) >= 11 is 3.37. The van der Waals surface area contributed by atoms with Crippen molar-refractivity contribution in [1.29, 1.82) is 0 Å². The summed E-state index contributed by atoms with van der Waals surface area (Å²) in [5.74, 6) is -0.152. The Hall–Kier alpha value is -2.08. The molecule has 2 rings (SSSR count). The fourth-order valence-corrected chi connectivity index (χ4v) is 1.91. The minimum absolute atomic E-state index is 0.262. The molecule has 6 heteroatoms. The van der Waals surface area contributed by atoms with Crippen LogP contribution in [0.1, 0.15) is 22.8 Å². The first kappa shape index (κ1) is 15.3. The van der Waals surface area contributed by atoms with Gasteiger partial charge in [0.2, 0.25) is 5.88 Å². The van der Waals surface area contributed by atoms with Gasteiger partial charge in [0.25, 0.3) is 0 Å². The summed E-state index contributed by atoms with van der Waals surface area (Å²) < 4.78 is 11.5. The summed E-state index contributed by atoms with van der Waals surface area (Å²) in [5, 5.41) is 0. The van der Waals surface area contributed by atoms with E-state index in [2.05, 4.69) is 20.9 Å². The van der Waals surface area contributed by atoms with E-state index >= 15 is 0 Å². The van der Waals surface area contributed by atoms with Crippen molar-refractivity contribution in [3.05, 3.63) is 52.1 Å². The Morgan fingerprint density at radius 3 is 2.71 bits per heavy atom. The number of ether oxygens (including phenoxy) is 2. The van der Waals surface area contributed by atoms with Gasteiger partial charge in [-0.2, -0.15) is 0 Å². The van der Waals surface area contributed by atoms with Gasteiger partial charge in [0.1, 0.15) is 6.61 Å². The number of nitrogens with zero attached hydrogens (tertiary/aromatic N) is 1. The topological polar surface area (TPSA) is 74.4 Å². The van der Waals surface area contributed by atoms with Crippen LogP contribution in [0, 0.1) is 0 Å². The molecule has 0 bridgehead atoms. The zero-order valence-corrected chi connectivity index (χ0v) is 13.1. The van der Waals surface area contributed by atoms with E-state index in [1.807, 2.05) is 24.3 Å². The molecule has 0 aliphatic rings. The van der Waals surface area contributed by atoms with Gasteiger partial charge in [0.15, 0.2) is 0 Å². The van der Waals surface area contributed by atoms with Crippen LogP contribution in [-0.2, 0) is 11.3 Å². The first-order valence-electron chi connectivity index (χ1n) is 6.40. The summed E-state index contributed by atoms with van der Waals surface area (Å²) in [7, 11) is 0. The van der Waals surface area contributed by atoms with Crippen LogP contribution in [0.2, 0.25) is 0 Å². The van der Waals surface area contributed by atoms with Crippen molar-refractivity contribution in [3.8, 4) is 5.88 Å². The van der Waals surface area contributed by atoms with Crippen LogP contribution in [0.5, 0.6) is 5.88 Å². The Kier molecular flexibility index (Phi) is 5.16. The summed E-state index contributed by atoms with van der Waals surface area (Å²) in [6, 6.07) is 9.23. The number of nitrogens with two attached hydrogens (primary N) is 1. The third-order valence-corrected chi connectivity index (χ3v) is 3.23. The number of pyridine rings is 1. The third kappa shape index (κ3) is 4.19. The zero-order valence-electron chi connectivity index (χ0n) is 11.5. The molecule has 0 spiro atoms. The number of rotatable bonds is 5. The molecule has 110 valence electrons. The molecule has 0 saturated heterocycles. The smallest absolute Gasteiger partial charge is 0.340 e. The van der Waals surface area contributed by atoms with Gasteiger partial charge < -0.3 is 15.2 Å². The number of hydrogen-bond donors (Lipinski definition) is 1. The molecule has 0 atom stereocenters. The van der Waals surface area contributed by atoms with Gasteiger partial charge in [-0.25, -0.2) is 9.78 Å². The second-order valence-electron chi connectivity index (χ2n) is 4.25. The van der Waals surface area contributed by atoms with Crippen molar-refractivity contribution in [1.82, 2.24) is 4.98 Å². The summed E-state index contributed by atoms with van der Waals surface area (Å²) in [4.78, 5) is 15.8. The number of esters is 1. The average molecular weight is 351 g/mol. The van der Waals surface area contributed by atoms with E-state index in [0.717, 1.165) is 10.0 Å². The molecule has 0 saturated carbocycles. The van der Waals surface area contributed by atoms with Gasteiger partial charge in [-0.1, -0.05) is 28.1 Å². The highest BCUT2D eigenvalue weighted by atomic mass is 79.9. The first-order valence-corrected chi connectivity index (χ1v) is 7.19. The first-order chi connectivity index (χ1) is 10.1. The van der Waals surface area contributed by atoms with Crippen LogP contribution in [0.4, 0.5) is 5.69 Å². The lowest BCUT2D eigenvalue weighted by Gasteiger charge is -2.09. The van der Waals surface area contributed by atoms with Gasteiger partial charge in [0, 0.05) is 10.5 Å². The largest absolute Gasteiger partial charge is 0.473 e. The van der Waals surface area contributed by atoms with E-state index in [9.17, 15) is 4.79 Å². The Balaban J connectivity index is 2.08. The predicted molar refractivity (Wildman–Crippen MR) is 83.1 cm³/mol. The highest BCUT2D eigenvalue weighted by Crippen LogP contribution is 2.19. The molecule has 0 aliphatic heterocycles. The lowest BCUT2D eigenvalue weighted by Crippen LogP contribution is -2.09. The molecule has 21 heavy (non-hydrogen) atoms. The van der Waals surface area contributed by atoms with Crippen molar-refractivity contribution in [2.45, 2.75) is 13.5 Å². The van der Waals surface area contributed by atoms with E-state index in [1.165, 1.54) is 12.3 Å². The summed E-state index contributed by atoms with van der Waals surface area (Å²) in [6.45, 7) is 2.38. The van der Waals surface area contributed by atoms with Crippen molar-refractivity contribution >= 4 is 27.6 Å². The molecule has 2 aromatic rings. The highest BCUT2D eigenvalue weighted by molar-refractivity contribution is 9.10. The number of benzene rings is 1. The second kappa shape index (κ2) is 7.08. The molecule has 2 N–H and O–H groups in total. The Bertz CT molecular complexity index is 629. The molecule has 1 aromatic heterocycles. The Labute approximate surface area is 131 Å². The van der Waals surface area contributed by atoms with Crippen molar-refractivity contribution in [2.24, 2.45) is 0 Å². The number of hydrogen-bond acceptors (Lipinski definition) is 5. The Morgan fingerprint density at radius 1 is 1.33 bits per heavy atom. The molecule has 1 aromatic carbocycles. The van der Waals surface area contributed by atoms with Crippen LogP contribution in [0.15, 0.2) is 41.0 Å². The molecule has 0 unspecified atom stereocenters. The zero-order chi connectivity index (χ0) is 15.2. The standard InChI is InChI=1S/C15H15BrN2O3/c1-2-20-15(19)12-7-14(18-8-13(12)17)21-9-10-3-5-11(16)6-4-10/h3-8H,2,9,17H2,1H3. The monoisotopic (exact) mass is 350 g/mol. The van der Waals surface area contributed by atoms with E-state index in [0.29, 0.717) is 12.5 Å². The number of nitrogen functional groups attached to an aromatic ring is 1. The predicted octanol–water partition coefficient (Wildman–Crippen LogP) is 3.18. The molecule has 0 amide bonds. The van der Waals surface area contributed by atoms with Crippen molar-refractivity contribution in [3.63, 3.8) is 0 Å². The normalized spacial score (nSPS) is 10.2. The SMILES string of the molecule is CCOC(=O)c1cc(OCc2ccc(Br)cc2)ncc1N. The van der Waals surface area contributed by atoms with Crippen LogP contribution < -0.4 is 10.5 Å². The van der Waals surface area contributed by atoms with Gasteiger partial charge in [-0.15, -0.1) is 0 Å². The quantitative estimate of drug-likeness (QED) is 0.838. The van der Waals surface area contributed by atoms with Crippen LogP contribution in [-0.4, -0.2) is 17.6 Å². The lowest BCUT2D eigenvalue weighted by atomic mass is 10.2. The fraction of sp³-hybridized carbons (Fsp3) is 0.200. The highest BCUT2D eigenvalue weighted by Gasteiger charge is 2.13. The van der Waals surface area contributed by atoms with E-state index < -0.39 is 5.97 Å². The van der Waals surface area contributed by atoms with E-state index in [-0.39, 0.29) is 17.9 Å².